The summed E-state index contributed by atoms with van der Waals surface area (Å²) in [5, 5.41) is 0. The van der Waals surface area contributed by atoms with Crippen LogP contribution in [0.1, 0.15) is 21.7 Å². The maximum absolute atomic E-state index is 13.0. The molecule has 1 amide bonds. The molecule has 2 aromatic carbocycles. The fourth-order valence-electron chi connectivity index (χ4n) is 3.77. The Morgan fingerprint density at radius 2 is 1.76 bits per heavy atom. The molecule has 180 valence electrons. The summed E-state index contributed by atoms with van der Waals surface area (Å²) in [6.45, 7) is 3.16. The standard InChI is InChI=1S/C23H21F3N3O4S/c24-23(25,26)18-5-2-6-19(15-18)27-34(31,32)21-8-1-4-17(14-21)22(30)29-11-9-28(10-12-29)16-20-7-3-13-33-20/h1-8,13-15H,9-12,16H2/q-1/p+1. The lowest BCUT2D eigenvalue weighted by atomic mass is 10.2. The van der Waals surface area contributed by atoms with E-state index >= 15 is 0 Å². The van der Waals surface area contributed by atoms with E-state index in [1.54, 1.807) is 11.2 Å². The van der Waals surface area contributed by atoms with Crippen LogP contribution in [0.4, 0.5) is 18.9 Å². The van der Waals surface area contributed by atoms with Crippen molar-refractivity contribution >= 4 is 21.6 Å². The van der Waals surface area contributed by atoms with Crippen molar-refractivity contribution in [1.82, 2.24) is 4.90 Å². The van der Waals surface area contributed by atoms with E-state index in [4.69, 9.17) is 4.42 Å². The molecular formula is C23H22F3N3O4S. The molecule has 2 heterocycles. The zero-order valence-electron chi connectivity index (χ0n) is 18.0. The number of piperazine rings is 1. The van der Waals surface area contributed by atoms with E-state index in [-0.39, 0.29) is 22.1 Å². The average molecular weight is 494 g/mol. The number of hydrogen-bond acceptors (Lipinski definition) is 4. The van der Waals surface area contributed by atoms with Crippen molar-refractivity contribution in [3.8, 4) is 0 Å². The molecule has 1 aromatic heterocycles. The number of halogens is 3. The molecule has 1 N–H and O–H groups in total. The third-order valence-corrected chi connectivity index (χ3v) is 6.84. The molecule has 1 fully saturated rings. The molecule has 0 bridgehead atoms. The number of amides is 1. The zero-order chi connectivity index (χ0) is 24.3. The Bertz CT molecular complexity index is 1250. The third kappa shape index (κ3) is 5.60. The summed E-state index contributed by atoms with van der Waals surface area (Å²) in [5.41, 5.74) is -1.17. The van der Waals surface area contributed by atoms with Gasteiger partial charge in [0.15, 0.2) is 5.76 Å². The third-order valence-electron chi connectivity index (χ3n) is 5.54. The Hall–Kier alpha value is -3.31. The fourth-order valence-corrected chi connectivity index (χ4v) is 4.79. The Balaban J connectivity index is 1.43. The first-order chi connectivity index (χ1) is 16.1. The molecule has 4 rings (SSSR count). The summed E-state index contributed by atoms with van der Waals surface area (Å²) in [6.07, 6.45) is -3.00. The summed E-state index contributed by atoms with van der Waals surface area (Å²) >= 11 is 0. The van der Waals surface area contributed by atoms with Crippen LogP contribution < -0.4 is 4.90 Å². The summed E-state index contributed by atoms with van der Waals surface area (Å²) in [7, 11) is -4.33. The SMILES string of the molecule is O=C(c1cccc(S(=O)(=O)[N-]c2cccc(C(F)(F)F)c2)c1)N1CC[NH+](Cc2ccco2)CC1. The van der Waals surface area contributed by atoms with Crippen molar-refractivity contribution in [1.29, 1.82) is 0 Å². The maximum Gasteiger partial charge on any atom is 0.416 e. The fraction of sp³-hybridized carbons (Fsp3) is 0.261. The number of hydrogen-bond donors (Lipinski definition) is 1. The van der Waals surface area contributed by atoms with E-state index in [9.17, 15) is 26.4 Å². The van der Waals surface area contributed by atoms with Crippen LogP contribution in [0.5, 0.6) is 0 Å². The largest absolute Gasteiger partial charge is 0.573 e. The second-order valence-electron chi connectivity index (χ2n) is 7.94. The lowest BCUT2D eigenvalue weighted by Crippen LogP contribution is -3.13. The minimum absolute atomic E-state index is 0.176. The summed E-state index contributed by atoms with van der Waals surface area (Å²) in [6, 6.07) is 12.9. The number of carbonyl (C=O) groups is 1. The van der Waals surface area contributed by atoms with E-state index in [1.165, 1.54) is 35.2 Å². The summed E-state index contributed by atoms with van der Waals surface area (Å²) < 4.78 is 73.1. The van der Waals surface area contributed by atoms with Crippen LogP contribution in [0.15, 0.2) is 76.2 Å². The minimum Gasteiger partial charge on any atom is -0.573 e. The zero-order valence-corrected chi connectivity index (χ0v) is 18.8. The molecule has 3 aromatic rings. The van der Waals surface area contributed by atoms with Crippen LogP contribution in [0, 0.1) is 0 Å². The lowest BCUT2D eigenvalue weighted by Gasteiger charge is -2.32. The first kappa shape index (κ1) is 23.8. The molecular weight excluding hydrogens is 471 g/mol. The molecule has 0 radical (unpaired) electrons. The molecule has 1 aliphatic heterocycles. The Kier molecular flexibility index (Phi) is 6.67. The first-order valence-corrected chi connectivity index (χ1v) is 12.0. The molecule has 7 nitrogen and oxygen atoms in total. The van der Waals surface area contributed by atoms with Gasteiger partial charge in [0.05, 0.1) is 42.9 Å². The first-order valence-electron chi connectivity index (χ1n) is 10.5. The Morgan fingerprint density at radius 1 is 1.03 bits per heavy atom. The van der Waals surface area contributed by atoms with Gasteiger partial charge in [0, 0.05) is 5.56 Å². The number of benzene rings is 2. The van der Waals surface area contributed by atoms with Crippen LogP contribution in [-0.2, 0) is 22.7 Å². The van der Waals surface area contributed by atoms with E-state index in [2.05, 4.69) is 4.72 Å². The van der Waals surface area contributed by atoms with Gasteiger partial charge < -0.3 is 18.9 Å². The van der Waals surface area contributed by atoms with Crippen molar-refractivity contribution in [2.24, 2.45) is 0 Å². The van der Waals surface area contributed by atoms with Crippen molar-refractivity contribution in [2.45, 2.75) is 17.6 Å². The van der Waals surface area contributed by atoms with Gasteiger partial charge in [-0.25, -0.2) is 8.42 Å². The number of furan rings is 1. The van der Waals surface area contributed by atoms with E-state index in [0.29, 0.717) is 19.2 Å². The van der Waals surface area contributed by atoms with Gasteiger partial charge in [0.2, 0.25) is 0 Å². The van der Waals surface area contributed by atoms with Crippen molar-refractivity contribution in [3.63, 3.8) is 0 Å². The normalized spacial score (nSPS) is 15.3. The second kappa shape index (κ2) is 9.51. The number of quaternary nitrogens is 1. The molecule has 11 heteroatoms. The molecule has 1 aliphatic rings. The highest BCUT2D eigenvalue weighted by Crippen LogP contribution is 2.35. The summed E-state index contributed by atoms with van der Waals surface area (Å²) in [4.78, 5) is 15.6. The Morgan fingerprint density at radius 3 is 2.44 bits per heavy atom. The Labute approximate surface area is 194 Å². The van der Waals surface area contributed by atoms with Crippen molar-refractivity contribution < 1.29 is 35.7 Å². The minimum atomic E-state index is -4.62. The van der Waals surface area contributed by atoms with E-state index in [0.717, 1.165) is 37.5 Å². The van der Waals surface area contributed by atoms with Crippen molar-refractivity contribution in [3.05, 3.63) is 88.5 Å². The van der Waals surface area contributed by atoms with Crippen molar-refractivity contribution in [2.75, 3.05) is 26.2 Å². The predicted octanol–water partition coefficient (Wildman–Crippen LogP) is 3.23. The summed E-state index contributed by atoms with van der Waals surface area (Å²) in [5.74, 6) is 0.561. The molecule has 0 aliphatic carbocycles. The van der Waals surface area contributed by atoms with Gasteiger partial charge in [-0.1, -0.05) is 30.3 Å². The lowest BCUT2D eigenvalue weighted by molar-refractivity contribution is -0.918. The topological polar surface area (TPSA) is 86.1 Å². The highest BCUT2D eigenvalue weighted by molar-refractivity contribution is 7.94. The van der Waals surface area contributed by atoms with Gasteiger partial charge in [0.25, 0.3) is 5.91 Å². The molecule has 0 atom stereocenters. The number of rotatable bonds is 6. The molecule has 0 spiro atoms. The maximum atomic E-state index is 13.0. The molecule has 34 heavy (non-hydrogen) atoms. The highest BCUT2D eigenvalue weighted by atomic mass is 32.2. The number of sulfonamides is 1. The van der Waals surface area contributed by atoms with Crippen LogP contribution >= 0.6 is 0 Å². The van der Waals surface area contributed by atoms with Crippen LogP contribution in [-0.4, -0.2) is 45.4 Å². The monoisotopic (exact) mass is 493 g/mol. The second-order valence-corrected chi connectivity index (χ2v) is 9.54. The van der Waals surface area contributed by atoms with Gasteiger partial charge >= 0.3 is 6.18 Å². The number of nitrogens with one attached hydrogen (secondary N) is 1. The molecule has 1 saturated heterocycles. The average Bonchev–Trinajstić information content (AvgIpc) is 3.32. The van der Waals surface area contributed by atoms with Gasteiger partial charge in [0.1, 0.15) is 16.6 Å². The van der Waals surface area contributed by atoms with E-state index < -0.39 is 21.8 Å². The predicted molar refractivity (Wildman–Crippen MR) is 117 cm³/mol. The van der Waals surface area contributed by atoms with Crippen LogP contribution in [0.25, 0.3) is 4.72 Å². The van der Waals surface area contributed by atoms with Crippen LogP contribution in [0.2, 0.25) is 0 Å². The van der Waals surface area contributed by atoms with Gasteiger partial charge in [-0.3, -0.25) is 4.79 Å². The van der Waals surface area contributed by atoms with Crippen LogP contribution in [0.3, 0.4) is 0 Å². The van der Waals surface area contributed by atoms with Gasteiger partial charge in [-0.2, -0.15) is 13.2 Å². The smallest absolute Gasteiger partial charge is 0.416 e. The van der Waals surface area contributed by atoms with Gasteiger partial charge in [-0.15, -0.1) is 5.69 Å². The highest BCUT2D eigenvalue weighted by Gasteiger charge is 2.30. The molecule has 0 saturated carbocycles. The van der Waals surface area contributed by atoms with E-state index in [1.807, 2.05) is 12.1 Å². The number of carbonyl (C=O) groups excluding carboxylic acids is 1. The quantitative estimate of drug-likeness (QED) is 0.571. The molecule has 0 unspecified atom stereocenters. The van der Waals surface area contributed by atoms with Gasteiger partial charge in [-0.05, 0) is 30.3 Å². The number of nitrogens with zero attached hydrogens (tertiary/aromatic N) is 2. The number of alkyl halides is 3.